The predicted molar refractivity (Wildman–Crippen MR) is 83.9 cm³/mol. The Kier molecular flexibility index (Phi) is 5.30. The van der Waals surface area contributed by atoms with Crippen LogP contribution in [0.15, 0.2) is 42.5 Å². The first-order valence-corrected chi connectivity index (χ1v) is 7.45. The number of benzene rings is 2. The quantitative estimate of drug-likeness (QED) is 0.801. The van der Waals surface area contributed by atoms with E-state index < -0.39 is 17.3 Å². The van der Waals surface area contributed by atoms with Crippen LogP contribution in [-0.2, 0) is 18.3 Å². The van der Waals surface area contributed by atoms with Crippen LogP contribution in [0.25, 0.3) is 0 Å². The van der Waals surface area contributed by atoms with Crippen LogP contribution in [0, 0.1) is 12.7 Å². The zero-order valence-corrected chi connectivity index (χ0v) is 13.4. The molecule has 2 aromatic carbocycles. The second-order valence-corrected chi connectivity index (χ2v) is 6.04. The van der Waals surface area contributed by atoms with Gasteiger partial charge in [-0.05, 0) is 48.7 Å². The van der Waals surface area contributed by atoms with Gasteiger partial charge in [0.25, 0.3) is 0 Å². The van der Waals surface area contributed by atoms with Crippen LogP contribution in [0.2, 0.25) is 0 Å². The monoisotopic (exact) mass is 341 g/mol. The second kappa shape index (κ2) is 6.91. The number of nitrogens with one attached hydrogen (secondary N) is 1. The van der Waals surface area contributed by atoms with E-state index in [1.54, 1.807) is 19.1 Å². The molecule has 0 bridgehead atoms. The van der Waals surface area contributed by atoms with E-state index in [-0.39, 0.29) is 17.9 Å². The van der Waals surface area contributed by atoms with Crippen molar-refractivity contribution >= 4 is 0 Å². The van der Waals surface area contributed by atoms with Crippen LogP contribution in [-0.4, -0.2) is 11.7 Å². The van der Waals surface area contributed by atoms with Gasteiger partial charge in [0.15, 0.2) is 0 Å². The van der Waals surface area contributed by atoms with Gasteiger partial charge in [-0.25, -0.2) is 4.39 Å². The Bertz CT molecular complexity index is 710. The molecule has 130 valence electrons. The Hall–Kier alpha value is -1.92. The van der Waals surface area contributed by atoms with Crippen molar-refractivity contribution in [3.63, 3.8) is 0 Å². The van der Waals surface area contributed by atoms with Gasteiger partial charge < -0.3 is 10.4 Å². The lowest BCUT2D eigenvalue weighted by atomic mass is 9.94. The minimum atomic E-state index is -4.45. The van der Waals surface area contributed by atoms with Crippen molar-refractivity contribution in [1.82, 2.24) is 5.32 Å². The molecule has 1 unspecified atom stereocenters. The number of aliphatic hydroxyl groups is 1. The Morgan fingerprint density at radius 3 is 2.33 bits per heavy atom. The first kappa shape index (κ1) is 18.4. The summed E-state index contributed by atoms with van der Waals surface area (Å²) < 4.78 is 51.5. The summed E-state index contributed by atoms with van der Waals surface area (Å²) in [6.07, 6.45) is -4.45. The molecule has 2 nitrogen and oxygen atoms in total. The fourth-order valence-corrected chi connectivity index (χ4v) is 2.40. The van der Waals surface area contributed by atoms with Gasteiger partial charge in [0.1, 0.15) is 5.82 Å². The van der Waals surface area contributed by atoms with E-state index >= 15 is 0 Å². The van der Waals surface area contributed by atoms with Crippen LogP contribution in [0.5, 0.6) is 0 Å². The second-order valence-electron chi connectivity index (χ2n) is 6.04. The normalized spacial score (nSPS) is 14.5. The largest absolute Gasteiger partial charge is 0.416 e. The molecule has 0 radical (unpaired) electrons. The van der Waals surface area contributed by atoms with Gasteiger partial charge in [-0.15, -0.1) is 0 Å². The molecule has 0 fully saturated rings. The fourth-order valence-electron chi connectivity index (χ4n) is 2.40. The summed E-state index contributed by atoms with van der Waals surface area (Å²) in [5, 5.41) is 13.5. The Labute approximate surface area is 138 Å². The van der Waals surface area contributed by atoms with Gasteiger partial charge >= 0.3 is 6.18 Å². The van der Waals surface area contributed by atoms with Gasteiger partial charge in [0.05, 0.1) is 11.2 Å². The summed E-state index contributed by atoms with van der Waals surface area (Å²) in [5.74, 6) is -0.297. The number of rotatable bonds is 5. The molecule has 0 amide bonds. The third-order valence-electron chi connectivity index (χ3n) is 3.83. The summed E-state index contributed by atoms with van der Waals surface area (Å²) in [6.45, 7) is 3.53. The van der Waals surface area contributed by atoms with Crippen molar-refractivity contribution in [3.8, 4) is 0 Å². The summed E-state index contributed by atoms with van der Waals surface area (Å²) in [6, 6.07) is 9.31. The molecule has 0 aromatic heterocycles. The number of halogens is 4. The van der Waals surface area contributed by atoms with Crippen molar-refractivity contribution in [2.45, 2.75) is 32.2 Å². The first-order valence-electron chi connectivity index (χ1n) is 7.45. The number of hydrogen-bond acceptors (Lipinski definition) is 2. The van der Waals surface area contributed by atoms with Gasteiger partial charge in [-0.1, -0.05) is 24.3 Å². The van der Waals surface area contributed by atoms with E-state index in [2.05, 4.69) is 5.32 Å². The van der Waals surface area contributed by atoms with Crippen molar-refractivity contribution < 1.29 is 22.7 Å². The maximum absolute atomic E-state index is 13.2. The Balaban J connectivity index is 2.04. The maximum atomic E-state index is 13.2. The molecule has 0 saturated carbocycles. The lowest BCUT2D eigenvalue weighted by Gasteiger charge is -2.25. The molecule has 0 aliphatic heterocycles. The van der Waals surface area contributed by atoms with E-state index in [9.17, 15) is 22.7 Å². The summed E-state index contributed by atoms with van der Waals surface area (Å²) in [7, 11) is 0. The number of hydrogen-bond donors (Lipinski definition) is 2. The third kappa shape index (κ3) is 4.55. The molecule has 1 atom stereocenters. The zero-order chi connectivity index (χ0) is 18.0. The average Bonchev–Trinajstić information content (AvgIpc) is 2.50. The number of alkyl halides is 3. The SMILES string of the molecule is Cc1cc(CNCC(C)(O)c2cccc(C(F)(F)F)c2)ccc1F. The minimum absolute atomic E-state index is 0.0603. The maximum Gasteiger partial charge on any atom is 0.416 e. The Morgan fingerprint density at radius 2 is 1.71 bits per heavy atom. The van der Waals surface area contributed by atoms with Crippen LogP contribution in [0.4, 0.5) is 17.6 Å². The molecule has 0 heterocycles. The highest BCUT2D eigenvalue weighted by Gasteiger charge is 2.32. The van der Waals surface area contributed by atoms with Crippen LogP contribution in [0.3, 0.4) is 0 Å². The van der Waals surface area contributed by atoms with Gasteiger partial charge in [-0.2, -0.15) is 13.2 Å². The highest BCUT2D eigenvalue weighted by molar-refractivity contribution is 5.30. The molecule has 0 aliphatic rings. The van der Waals surface area contributed by atoms with E-state index in [0.717, 1.165) is 17.7 Å². The fraction of sp³-hybridized carbons (Fsp3) is 0.333. The van der Waals surface area contributed by atoms with Gasteiger partial charge in [0.2, 0.25) is 0 Å². The lowest BCUT2D eigenvalue weighted by Crippen LogP contribution is -2.35. The summed E-state index contributed by atoms with van der Waals surface area (Å²) in [5.41, 5.74) is -0.738. The van der Waals surface area contributed by atoms with Gasteiger partial charge in [-0.3, -0.25) is 0 Å². The summed E-state index contributed by atoms with van der Waals surface area (Å²) >= 11 is 0. The van der Waals surface area contributed by atoms with E-state index in [0.29, 0.717) is 12.1 Å². The molecule has 0 aliphatic carbocycles. The highest BCUT2D eigenvalue weighted by atomic mass is 19.4. The molecule has 24 heavy (non-hydrogen) atoms. The molecular weight excluding hydrogens is 322 g/mol. The summed E-state index contributed by atoms with van der Waals surface area (Å²) in [4.78, 5) is 0. The van der Waals surface area contributed by atoms with Crippen molar-refractivity contribution in [3.05, 3.63) is 70.5 Å². The van der Waals surface area contributed by atoms with E-state index in [1.807, 2.05) is 0 Å². The third-order valence-corrected chi connectivity index (χ3v) is 3.83. The minimum Gasteiger partial charge on any atom is -0.384 e. The average molecular weight is 341 g/mol. The van der Waals surface area contributed by atoms with Crippen LogP contribution < -0.4 is 5.32 Å². The molecule has 2 rings (SSSR count). The van der Waals surface area contributed by atoms with Gasteiger partial charge in [0, 0.05) is 13.1 Å². The lowest BCUT2D eigenvalue weighted by molar-refractivity contribution is -0.137. The molecule has 0 spiro atoms. The Morgan fingerprint density at radius 1 is 1.04 bits per heavy atom. The molecule has 6 heteroatoms. The number of aryl methyl sites for hydroxylation is 1. The van der Waals surface area contributed by atoms with Crippen molar-refractivity contribution in [2.24, 2.45) is 0 Å². The molecule has 2 N–H and O–H groups in total. The molecular formula is C18H19F4NO. The van der Waals surface area contributed by atoms with E-state index in [4.69, 9.17) is 0 Å². The van der Waals surface area contributed by atoms with Crippen LogP contribution >= 0.6 is 0 Å². The smallest absolute Gasteiger partial charge is 0.384 e. The highest BCUT2D eigenvalue weighted by Crippen LogP contribution is 2.32. The molecule has 2 aromatic rings. The molecule has 0 saturated heterocycles. The van der Waals surface area contributed by atoms with E-state index in [1.165, 1.54) is 25.1 Å². The van der Waals surface area contributed by atoms with Crippen molar-refractivity contribution in [1.29, 1.82) is 0 Å². The first-order chi connectivity index (χ1) is 11.1. The predicted octanol–water partition coefficient (Wildman–Crippen LogP) is 4.15. The standard InChI is InChI=1S/C18H19F4NO/c1-12-8-13(6-7-16(12)19)10-23-11-17(2,24)14-4-3-5-15(9-14)18(20,21)22/h3-9,23-24H,10-11H2,1-2H3. The zero-order valence-electron chi connectivity index (χ0n) is 13.4. The topological polar surface area (TPSA) is 32.3 Å². The van der Waals surface area contributed by atoms with Crippen molar-refractivity contribution in [2.75, 3.05) is 6.54 Å². The van der Waals surface area contributed by atoms with Crippen LogP contribution in [0.1, 0.15) is 29.2 Å².